The molecule has 1 atom stereocenters. The second-order valence-electron chi connectivity index (χ2n) is 4.79. The molecule has 1 aromatic heterocycles. The SMILES string of the molecule is CC(C)N1CCC(NCc2ncn(C)n2)C1. The van der Waals surface area contributed by atoms with E-state index in [-0.39, 0.29) is 0 Å². The molecule has 0 radical (unpaired) electrons. The van der Waals surface area contributed by atoms with E-state index in [2.05, 4.69) is 34.1 Å². The number of aromatic nitrogens is 3. The number of rotatable bonds is 4. The van der Waals surface area contributed by atoms with Gasteiger partial charge >= 0.3 is 0 Å². The van der Waals surface area contributed by atoms with Gasteiger partial charge in [-0.25, -0.2) is 4.98 Å². The molecular weight excluding hydrogens is 202 g/mol. The summed E-state index contributed by atoms with van der Waals surface area (Å²) >= 11 is 0. The minimum Gasteiger partial charge on any atom is -0.306 e. The van der Waals surface area contributed by atoms with Crippen LogP contribution in [0, 0.1) is 0 Å². The first-order chi connectivity index (χ1) is 7.65. The third kappa shape index (κ3) is 2.80. The first-order valence-electron chi connectivity index (χ1n) is 5.97. The van der Waals surface area contributed by atoms with Gasteiger partial charge in [-0.1, -0.05) is 0 Å². The van der Waals surface area contributed by atoms with E-state index in [4.69, 9.17) is 0 Å². The molecule has 1 aliphatic heterocycles. The fourth-order valence-corrected chi connectivity index (χ4v) is 2.12. The third-order valence-corrected chi connectivity index (χ3v) is 3.15. The van der Waals surface area contributed by atoms with E-state index >= 15 is 0 Å². The van der Waals surface area contributed by atoms with Crippen LogP contribution in [-0.2, 0) is 13.6 Å². The van der Waals surface area contributed by atoms with Crippen molar-refractivity contribution < 1.29 is 0 Å². The highest BCUT2D eigenvalue weighted by molar-refractivity contribution is 4.86. The topological polar surface area (TPSA) is 46.0 Å². The molecule has 0 spiro atoms. The van der Waals surface area contributed by atoms with Crippen LogP contribution in [0.1, 0.15) is 26.1 Å². The number of hydrogen-bond donors (Lipinski definition) is 1. The second-order valence-corrected chi connectivity index (χ2v) is 4.79. The highest BCUT2D eigenvalue weighted by atomic mass is 15.3. The van der Waals surface area contributed by atoms with Gasteiger partial charge in [0.2, 0.25) is 0 Å². The fraction of sp³-hybridized carbons (Fsp3) is 0.818. The monoisotopic (exact) mass is 223 g/mol. The molecule has 1 saturated heterocycles. The number of aryl methyl sites for hydroxylation is 1. The van der Waals surface area contributed by atoms with Crippen molar-refractivity contribution in [3.63, 3.8) is 0 Å². The third-order valence-electron chi connectivity index (χ3n) is 3.15. The lowest BCUT2D eigenvalue weighted by Gasteiger charge is -2.20. The van der Waals surface area contributed by atoms with Gasteiger partial charge in [0.15, 0.2) is 5.82 Å². The number of likely N-dealkylation sites (tertiary alicyclic amines) is 1. The Morgan fingerprint density at radius 3 is 2.94 bits per heavy atom. The summed E-state index contributed by atoms with van der Waals surface area (Å²) in [5.74, 6) is 0.880. The molecule has 0 aromatic carbocycles. The van der Waals surface area contributed by atoms with Gasteiger partial charge in [-0.05, 0) is 26.8 Å². The van der Waals surface area contributed by atoms with Crippen LogP contribution >= 0.6 is 0 Å². The van der Waals surface area contributed by atoms with E-state index < -0.39 is 0 Å². The Bertz CT molecular complexity index is 333. The van der Waals surface area contributed by atoms with Gasteiger partial charge in [0.1, 0.15) is 6.33 Å². The zero-order valence-corrected chi connectivity index (χ0v) is 10.3. The van der Waals surface area contributed by atoms with Crippen LogP contribution in [0.4, 0.5) is 0 Å². The van der Waals surface area contributed by atoms with Crippen LogP contribution in [0.25, 0.3) is 0 Å². The molecule has 2 heterocycles. The Hall–Kier alpha value is -0.940. The van der Waals surface area contributed by atoms with E-state index in [9.17, 15) is 0 Å². The number of nitrogens with zero attached hydrogens (tertiary/aromatic N) is 4. The van der Waals surface area contributed by atoms with Crippen LogP contribution in [-0.4, -0.2) is 44.8 Å². The Morgan fingerprint density at radius 2 is 2.38 bits per heavy atom. The van der Waals surface area contributed by atoms with Crippen LogP contribution in [0.5, 0.6) is 0 Å². The predicted octanol–water partition coefficient (Wildman–Crippen LogP) is 0.387. The second kappa shape index (κ2) is 4.93. The minimum atomic E-state index is 0.589. The fourth-order valence-electron chi connectivity index (χ4n) is 2.12. The molecule has 0 bridgehead atoms. The molecule has 0 aliphatic carbocycles. The van der Waals surface area contributed by atoms with Crippen LogP contribution in [0.3, 0.4) is 0 Å². The number of hydrogen-bond acceptors (Lipinski definition) is 4. The molecular formula is C11H21N5. The molecule has 1 aliphatic rings. The summed E-state index contributed by atoms with van der Waals surface area (Å²) in [5, 5.41) is 7.77. The smallest absolute Gasteiger partial charge is 0.164 e. The van der Waals surface area contributed by atoms with Crippen LogP contribution in [0.15, 0.2) is 6.33 Å². The van der Waals surface area contributed by atoms with E-state index in [0.717, 1.165) is 18.9 Å². The van der Waals surface area contributed by atoms with Crippen LogP contribution < -0.4 is 5.32 Å². The summed E-state index contributed by atoms with van der Waals surface area (Å²) < 4.78 is 1.74. The summed E-state index contributed by atoms with van der Waals surface area (Å²) in [6.07, 6.45) is 2.97. The average Bonchev–Trinajstić information content (AvgIpc) is 2.83. The zero-order chi connectivity index (χ0) is 11.5. The van der Waals surface area contributed by atoms with Gasteiger partial charge in [0.25, 0.3) is 0 Å². The van der Waals surface area contributed by atoms with Crippen molar-refractivity contribution in [1.82, 2.24) is 25.0 Å². The first-order valence-corrected chi connectivity index (χ1v) is 5.97. The summed E-state index contributed by atoms with van der Waals surface area (Å²) in [5.41, 5.74) is 0. The normalized spacial score (nSPS) is 22.1. The number of nitrogens with one attached hydrogen (secondary N) is 1. The van der Waals surface area contributed by atoms with Gasteiger partial charge < -0.3 is 5.32 Å². The lowest BCUT2D eigenvalue weighted by atomic mass is 10.2. The summed E-state index contributed by atoms with van der Waals surface area (Å²) in [6.45, 7) is 7.62. The Labute approximate surface area is 96.8 Å². The zero-order valence-electron chi connectivity index (χ0n) is 10.3. The average molecular weight is 223 g/mol. The minimum absolute atomic E-state index is 0.589. The van der Waals surface area contributed by atoms with Crippen molar-refractivity contribution in [2.24, 2.45) is 7.05 Å². The molecule has 5 heteroatoms. The standard InChI is InChI=1S/C11H21N5/c1-9(2)16-5-4-10(7-16)12-6-11-13-8-15(3)14-11/h8-10,12H,4-7H2,1-3H3. The summed E-state index contributed by atoms with van der Waals surface area (Å²) in [7, 11) is 1.90. The Kier molecular flexibility index (Phi) is 3.56. The van der Waals surface area contributed by atoms with Crippen LogP contribution in [0.2, 0.25) is 0 Å². The molecule has 1 N–H and O–H groups in total. The quantitative estimate of drug-likeness (QED) is 0.802. The van der Waals surface area contributed by atoms with E-state index in [0.29, 0.717) is 12.1 Å². The molecule has 0 saturated carbocycles. The van der Waals surface area contributed by atoms with Crippen molar-refractivity contribution in [2.45, 2.75) is 38.9 Å². The maximum Gasteiger partial charge on any atom is 0.164 e. The van der Waals surface area contributed by atoms with Crippen molar-refractivity contribution >= 4 is 0 Å². The van der Waals surface area contributed by atoms with Crippen molar-refractivity contribution in [3.8, 4) is 0 Å². The molecule has 1 unspecified atom stereocenters. The largest absolute Gasteiger partial charge is 0.306 e. The van der Waals surface area contributed by atoms with Gasteiger partial charge in [0.05, 0.1) is 6.54 Å². The maximum atomic E-state index is 4.26. The highest BCUT2D eigenvalue weighted by Crippen LogP contribution is 2.12. The predicted molar refractivity (Wildman–Crippen MR) is 63.0 cm³/mol. The van der Waals surface area contributed by atoms with Gasteiger partial charge in [0, 0.05) is 25.7 Å². The lowest BCUT2D eigenvalue weighted by molar-refractivity contribution is 0.268. The van der Waals surface area contributed by atoms with E-state index in [1.807, 2.05) is 7.05 Å². The highest BCUT2D eigenvalue weighted by Gasteiger charge is 2.23. The molecule has 1 fully saturated rings. The van der Waals surface area contributed by atoms with Crippen molar-refractivity contribution in [1.29, 1.82) is 0 Å². The lowest BCUT2D eigenvalue weighted by Crippen LogP contribution is -2.35. The molecule has 1 aromatic rings. The molecule has 5 nitrogen and oxygen atoms in total. The Balaban J connectivity index is 1.75. The molecule has 0 amide bonds. The van der Waals surface area contributed by atoms with E-state index in [1.165, 1.54) is 13.0 Å². The van der Waals surface area contributed by atoms with Crippen molar-refractivity contribution in [2.75, 3.05) is 13.1 Å². The van der Waals surface area contributed by atoms with Gasteiger partial charge in [-0.15, -0.1) is 0 Å². The van der Waals surface area contributed by atoms with Gasteiger partial charge in [-0.2, -0.15) is 5.10 Å². The van der Waals surface area contributed by atoms with Crippen molar-refractivity contribution in [3.05, 3.63) is 12.2 Å². The Morgan fingerprint density at radius 1 is 1.56 bits per heavy atom. The first kappa shape index (κ1) is 11.5. The summed E-state index contributed by atoms with van der Waals surface area (Å²) in [6, 6.07) is 1.24. The maximum absolute atomic E-state index is 4.26. The molecule has 90 valence electrons. The summed E-state index contributed by atoms with van der Waals surface area (Å²) in [4.78, 5) is 6.71. The van der Waals surface area contributed by atoms with Gasteiger partial charge in [-0.3, -0.25) is 9.58 Å². The molecule has 2 rings (SSSR count). The van der Waals surface area contributed by atoms with E-state index in [1.54, 1.807) is 11.0 Å². The molecule has 16 heavy (non-hydrogen) atoms.